The fourth-order valence-electron chi connectivity index (χ4n) is 2.77. The lowest BCUT2D eigenvalue weighted by Gasteiger charge is -2.10. The van der Waals surface area contributed by atoms with Crippen molar-refractivity contribution in [2.45, 2.75) is 13.8 Å². The average Bonchev–Trinajstić information content (AvgIpc) is 3.11. The number of rotatable bonds is 9. The number of carbonyl (C=O) groups is 1. The fraction of sp³-hybridized carbons (Fsp3) is 0.273. The lowest BCUT2D eigenvalue weighted by atomic mass is 10.1. The number of nitrogens with one attached hydrogen (secondary N) is 1. The van der Waals surface area contributed by atoms with E-state index in [2.05, 4.69) is 10.3 Å². The number of aromatic nitrogens is 1. The number of hydrogen-bond acceptors (Lipinski definition) is 6. The van der Waals surface area contributed by atoms with Crippen molar-refractivity contribution >= 4 is 22.4 Å². The zero-order valence-corrected chi connectivity index (χ0v) is 17.5. The van der Waals surface area contributed by atoms with Crippen molar-refractivity contribution in [2.75, 3.05) is 32.2 Å². The number of thiazole rings is 1. The first-order valence-corrected chi connectivity index (χ1v) is 10.2. The number of nitrogens with zero attached hydrogens (tertiary/aromatic N) is 1. The Morgan fingerprint density at radius 1 is 1.10 bits per heavy atom. The maximum atomic E-state index is 12.8. The largest absolute Gasteiger partial charge is 0.497 e. The second-order valence-corrected chi connectivity index (χ2v) is 7.35. The van der Waals surface area contributed by atoms with Crippen molar-refractivity contribution in [1.82, 2.24) is 4.98 Å². The number of hydrogen-bond donors (Lipinski definition) is 1. The van der Waals surface area contributed by atoms with Crippen molar-refractivity contribution in [3.05, 3.63) is 59.0 Å². The molecule has 0 fully saturated rings. The molecule has 29 heavy (non-hydrogen) atoms. The van der Waals surface area contributed by atoms with Crippen LogP contribution >= 0.6 is 11.3 Å². The maximum absolute atomic E-state index is 12.8. The van der Waals surface area contributed by atoms with E-state index in [-0.39, 0.29) is 5.91 Å². The van der Waals surface area contributed by atoms with Crippen LogP contribution in [0.5, 0.6) is 11.5 Å². The SMILES string of the molecule is CCOCCOc1ccccc1C(=O)Nc1nc(-c2ccc(OC)cc2)c(C)s1. The maximum Gasteiger partial charge on any atom is 0.261 e. The zero-order valence-electron chi connectivity index (χ0n) is 16.7. The highest BCUT2D eigenvalue weighted by atomic mass is 32.1. The van der Waals surface area contributed by atoms with Crippen LogP contribution in [0, 0.1) is 6.92 Å². The smallest absolute Gasteiger partial charge is 0.261 e. The van der Waals surface area contributed by atoms with Gasteiger partial charge in [-0.15, -0.1) is 11.3 Å². The summed E-state index contributed by atoms with van der Waals surface area (Å²) in [6.07, 6.45) is 0. The molecule has 0 aliphatic rings. The van der Waals surface area contributed by atoms with Gasteiger partial charge in [-0.2, -0.15) is 0 Å². The van der Waals surface area contributed by atoms with Gasteiger partial charge in [-0.05, 0) is 50.2 Å². The van der Waals surface area contributed by atoms with Gasteiger partial charge >= 0.3 is 0 Å². The van der Waals surface area contributed by atoms with Crippen LogP contribution in [0.25, 0.3) is 11.3 Å². The molecule has 1 heterocycles. The molecule has 0 bridgehead atoms. The van der Waals surface area contributed by atoms with Gasteiger partial charge in [0.05, 0.1) is 25.0 Å². The molecule has 3 rings (SSSR count). The molecule has 0 spiro atoms. The third-order valence-corrected chi connectivity index (χ3v) is 5.09. The Hall–Kier alpha value is -2.90. The number of amides is 1. The quantitative estimate of drug-likeness (QED) is 0.512. The van der Waals surface area contributed by atoms with E-state index < -0.39 is 0 Å². The van der Waals surface area contributed by atoms with Crippen LogP contribution in [0.2, 0.25) is 0 Å². The minimum Gasteiger partial charge on any atom is -0.497 e. The minimum absolute atomic E-state index is 0.257. The van der Waals surface area contributed by atoms with Crippen LogP contribution in [-0.2, 0) is 4.74 Å². The predicted molar refractivity (Wildman–Crippen MR) is 115 cm³/mol. The molecule has 3 aromatic rings. The Bertz CT molecular complexity index is 954. The number of methoxy groups -OCH3 is 1. The van der Waals surface area contributed by atoms with Crippen molar-refractivity contribution in [1.29, 1.82) is 0 Å². The van der Waals surface area contributed by atoms with Crippen LogP contribution in [-0.4, -0.2) is 37.8 Å². The molecule has 1 amide bonds. The van der Waals surface area contributed by atoms with E-state index in [1.54, 1.807) is 25.3 Å². The topological polar surface area (TPSA) is 69.7 Å². The summed E-state index contributed by atoms with van der Waals surface area (Å²) in [5.74, 6) is 1.05. The molecule has 0 atom stereocenters. The summed E-state index contributed by atoms with van der Waals surface area (Å²) < 4.78 is 16.2. The van der Waals surface area contributed by atoms with Crippen LogP contribution in [0.3, 0.4) is 0 Å². The Balaban J connectivity index is 1.73. The highest BCUT2D eigenvalue weighted by Gasteiger charge is 2.16. The van der Waals surface area contributed by atoms with Crippen LogP contribution in [0.1, 0.15) is 22.2 Å². The number of para-hydroxylation sites is 1. The van der Waals surface area contributed by atoms with E-state index in [0.717, 1.165) is 21.9 Å². The fourth-order valence-corrected chi connectivity index (χ4v) is 3.60. The summed E-state index contributed by atoms with van der Waals surface area (Å²) in [7, 11) is 1.63. The van der Waals surface area contributed by atoms with Crippen LogP contribution in [0.4, 0.5) is 5.13 Å². The van der Waals surface area contributed by atoms with Gasteiger partial charge in [-0.25, -0.2) is 4.98 Å². The highest BCUT2D eigenvalue weighted by Crippen LogP contribution is 2.32. The number of carbonyl (C=O) groups excluding carboxylic acids is 1. The molecule has 0 saturated heterocycles. The second kappa shape index (κ2) is 10.0. The molecule has 0 aliphatic carbocycles. The van der Waals surface area contributed by atoms with E-state index >= 15 is 0 Å². The molecule has 6 nitrogen and oxygen atoms in total. The molecule has 2 aromatic carbocycles. The average molecular weight is 413 g/mol. The van der Waals surface area contributed by atoms with Gasteiger partial charge in [-0.1, -0.05) is 12.1 Å². The normalized spacial score (nSPS) is 10.6. The molecule has 7 heteroatoms. The summed E-state index contributed by atoms with van der Waals surface area (Å²) >= 11 is 1.44. The Labute approximate surface area is 174 Å². The van der Waals surface area contributed by atoms with Gasteiger partial charge in [0.25, 0.3) is 5.91 Å². The van der Waals surface area contributed by atoms with Crippen molar-refractivity contribution in [3.8, 4) is 22.8 Å². The van der Waals surface area contributed by atoms with E-state index in [0.29, 0.717) is 36.3 Å². The number of benzene rings is 2. The van der Waals surface area contributed by atoms with Crippen molar-refractivity contribution in [3.63, 3.8) is 0 Å². The molecular weight excluding hydrogens is 388 g/mol. The van der Waals surface area contributed by atoms with Crippen molar-refractivity contribution < 1.29 is 19.0 Å². The minimum atomic E-state index is -0.257. The summed E-state index contributed by atoms with van der Waals surface area (Å²) in [4.78, 5) is 18.4. The standard InChI is InChI=1S/C22H24N2O4S/c1-4-27-13-14-28-19-8-6-5-7-18(19)21(25)24-22-23-20(15(2)29-22)16-9-11-17(26-3)12-10-16/h5-12H,4,13-14H2,1-3H3,(H,23,24,25). The first kappa shape index (κ1) is 20.8. The molecular formula is C22H24N2O4S. The Morgan fingerprint density at radius 3 is 2.59 bits per heavy atom. The molecule has 0 unspecified atom stereocenters. The predicted octanol–water partition coefficient (Wildman–Crippen LogP) is 4.79. The third-order valence-electron chi connectivity index (χ3n) is 4.20. The van der Waals surface area contributed by atoms with Gasteiger partial charge in [-0.3, -0.25) is 10.1 Å². The van der Waals surface area contributed by atoms with Gasteiger partial charge in [0, 0.05) is 17.0 Å². The van der Waals surface area contributed by atoms with Gasteiger partial charge in [0.1, 0.15) is 18.1 Å². The molecule has 0 saturated carbocycles. The molecule has 1 aromatic heterocycles. The molecule has 0 aliphatic heterocycles. The second-order valence-electron chi connectivity index (χ2n) is 6.15. The van der Waals surface area contributed by atoms with E-state index in [4.69, 9.17) is 14.2 Å². The van der Waals surface area contributed by atoms with E-state index in [1.165, 1.54) is 11.3 Å². The lowest BCUT2D eigenvalue weighted by Crippen LogP contribution is -2.15. The first-order valence-electron chi connectivity index (χ1n) is 9.35. The summed E-state index contributed by atoms with van der Waals surface area (Å²) in [5.41, 5.74) is 2.27. The summed E-state index contributed by atoms with van der Waals surface area (Å²) in [6.45, 7) is 5.40. The van der Waals surface area contributed by atoms with E-state index in [1.807, 2.05) is 44.2 Å². The first-order chi connectivity index (χ1) is 14.1. The molecule has 0 radical (unpaired) electrons. The molecule has 152 valence electrons. The summed E-state index contributed by atoms with van der Waals surface area (Å²) in [6, 6.07) is 14.8. The summed E-state index contributed by atoms with van der Waals surface area (Å²) in [5, 5.41) is 3.43. The van der Waals surface area contributed by atoms with Crippen LogP contribution < -0.4 is 14.8 Å². The lowest BCUT2D eigenvalue weighted by molar-refractivity contribution is 0.0998. The van der Waals surface area contributed by atoms with Crippen molar-refractivity contribution in [2.24, 2.45) is 0 Å². The highest BCUT2D eigenvalue weighted by molar-refractivity contribution is 7.16. The number of ether oxygens (including phenoxy) is 3. The molecule has 1 N–H and O–H groups in total. The van der Waals surface area contributed by atoms with Gasteiger partial charge in [0.2, 0.25) is 0 Å². The number of anilines is 1. The van der Waals surface area contributed by atoms with Gasteiger partial charge < -0.3 is 14.2 Å². The zero-order chi connectivity index (χ0) is 20.6. The Morgan fingerprint density at radius 2 is 1.86 bits per heavy atom. The number of aryl methyl sites for hydroxylation is 1. The van der Waals surface area contributed by atoms with E-state index in [9.17, 15) is 4.79 Å². The van der Waals surface area contributed by atoms with Gasteiger partial charge in [0.15, 0.2) is 5.13 Å². The monoisotopic (exact) mass is 412 g/mol. The Kier molecular flexibility index (Phi) is 7.21. The van der Waals surface area contributed by atoms with Crippen LogP contribution in [0.15, 0.2) is 48.5 Å². The third kappa shape index (κ3) is 5.34.